The number of aryl methyl sites for hydroxylation is 1. The van der Waals surface area contributed by atoms with Gasteiger partial charge in [-0.05, 0) is 30.2 Å². The third kappa shape index (κ3) is 4.32. The van der Waals surface area contributed by atoms with E-state index in [9.17, 15) is 0 Å². The van der Waals surface area contributed by atoms with E-state index in [1.54, 1.807) is 33.7 Å². The SMILES string of the molecule is COc1ncc(-c2cccc(CNc3nc(C)nc4cc(OC)c(OC)cc34)c2)cn1. The van der Waals surface area contributed by atoms with Gasteiger partial charge in [-0.1, -0.05) is 18.2 Å². The molecular formula is C23H23N5O3. The summed E-state index contributed by atoms with van der Waals surface area (Å²) in [6, 6.07) is 12.3. The van der Waals surface area contributed by atoms with E-state index in [0.29, 0.717) is 29.9 Å². The third-order valence-electron chi connectivity index (χ3n) is 4.84. The normalized spacial score (nSPS) is 10.7. The lowest BCUT2D eigenvalue weighted by molar-refractivity contribution is 0.356. The number of nitrogens with one attached hydrogen (secondary N) is 1. The van der Waals surface area contributed by atoms with E-state index in [1.807, 2.05) is 31.2 Å². The van der Waals surface area contributed by atoms with Gasteiger partial charge in [0.1, 0.15) is 11.6 Å². The highest BCUT2D eigenvalue weighted by Crippen LogP contribution is 2.34. The van der Waals surface area contributed by atoms with Crippen molar-refractivity contribution in [1.29, 1.82) is 0 Å². The Labute approximate surface area is 180 Å². The molecule has 0 spiro atoms. The van der Waals surface area contributed by atoms with Gasteiger partial charge in [-0.3, -0.25) is 0 Å². The molecule has 0 saturated heterocycles. The van der Waals surface area contributed by atoms with E-state index in [-0.39, 0.29) is 0 Å². The molecule has 8 heteroatoms. The first-order valence-corrected chi connectivity index (χ1v) is 9.71. The predicted octanol–water partition coefficient (Wildman–Crippen LogP) is 4.03. The number of hydrogen-bond acceptors (Lipinski definition) is 8. The van der Waals surface area contributed by atoms with E-state index in [2.05, 4.69) is 37.4 Å². The Morgan fingerprint density at radius 1 is 0.839 bits per heavy atom. The molecule has 31 heavy (non-hydrogen) atoms. The lowest BCUT2D eigenvalue weighted by atomic mass is 10.1. The van der Waals surface area contributed by atoms with Gasteiger partial charge in [0.05, 0.1) is 26.8 Å². The lowest BCUT2D eigenvalue weighted by Gasteiger charge is -2.13. The minimum atomic E-state index is 0.347. The van der Waals surface area contributed by atoms with Gasteiger partial charge in [-0.15, -0.1) is 0 Å². The van der Waals surface area contributed by atoms with Gasteiger partial charge < -0.3 is 19.5 Å². The van der Waals surface area contributed by atoms with Gasteiger partial charge in [0.25, 0.3) is 0 Å². The quantitative estimate of drug-likeness (QED) is 0.482. The van der Waals surface area contributed by atoms with Crippen LogP contribution in [-0.2, 0) is 6.54 Å². The third-order valence-corrected chi connectivity index (χ3v) is 4.84. The maximum absolute atomic E-state index is 5.44. The largest absolute Gasteiger partial charge is 0.493 e. The maximum Gasteiger partial charge on any atom is 0.316 e. The van der Waals surface area contributed by atoms with E-state index in [4.69, 9.17) is 14.2 Å². The fourth-order valence-electron chi connectivity index (χ4n) is 3.32. The molecule has 0 bridgehead atoms. The summed E-state index contributed by atoms with van der Waals surface area (Å²) in [6.07, 6.45) is 3.50. The van der Waals surface area contributed by atoms with Crippen LogP contribution in [0.1, 0.15) is 11.4 Å². The zero-order valence-corrected chi connectivity index (χ0v) is 17.8. The number of anilines is 1. The second-order valence-corrected chi connectivity index (χ2v) is 6.86. The predicted molar refractivity (Wildman–Crippen MR) is 119 cm³/mol. The molecule has 2 aromatic carbocycles. The van der Waals surface area contributed by atoms with Crippen molar-refractivity contribution in [3.8, 4) is 28.6 Å². The smallest absolute Gasteiger partial charge is 0.316 e. The maximum atomic E-state index is 5.44. The van der Waals surface area contributed by atoms with E-state index >= 15 is 0 Å². The summed E-state index contributed by atoms with van der Waals surface area (Å²) in [4.78, 5) is 17.5. The van der Waals surface area contributed by atoms with Crippen molar-refractivity contribution < 1.29 is 14.2 Å². The molecule has 0 unspecified atom stereocenters. The van der Waals surface area contributed by atoms with Crippen molar-refractivity contribution in [2.24, 2.45) is 0 Å². The molecule has 0 atom stereocenters. The number of methoxy groups -OCH3 is 3. The minimum absolute atomic E-state index is 0.347. The first-order valence-electron chi connectivity index (χ1n) is 9.71. The monoisotopic (exact) mass is 417 g/mol. The molecule has 2 heterocycles. The van der Waals surface area contributed by atoms with Gasteiger partial charge in [0.15, 0.2) is 11.5 Å². The average Bonchev–Trinajstić information content (AvgIpc) is 2.81. The first kappa shape index (κ1) is 20.3. The molecule has 8 nitrogen and oxygen atoms in total. The number of ether oxygens (including phenoxy) is 3. The van der Waals surface area contributed by atoms with Gasteiger partial charge in [-0.2, -0.15) is 0 Å². The highest BCUT2D eigenvalue weighted by atomic mass is 16.5. The summed E-state index contributed by atoms with van der Waals surface area (Å²) in [5.74, 6) is 2.67. The van der Waals surface area contributed by atoms with Crippen molar-refractivity contribution in [3.63, 3.8) is 0 Å². The van der Waals surface area contributed by atoms with Crippen LogP contribution in [0.3, 0.4) is 0 Å². The number of benzene rings is 2. The molecule has 4 rings (SSSR count). The van der Waals surface area contributed by atoms with Crippen molar-refractivity contribution >= 4 is 16.7 Å². The van der Waals surface area contributed by atoms with Crippen LogP contribution in [0.4, 0.5) is 5.82 Å². The summed E-state index contributed by atoms with van der Waals surface area (Å²) in [7, 11) is 4.77. The Morgan fingerprint density at radius 3 is 2.29 bits per heavy atom. The number of rotatable bonds is 7. The number of nitrogens with zero attached hydrogens (tertiary/aromatic N) is 4. The van der Waals surface area contributed by atoms with Crippen LogP contribution in [-0.4, -0.2) is 41.3 Å². The Balaban J connectivity index is 1.61. The molecule has 0 amide bonds. The van der Waals surface area contributed by atoms with Gasteiger partial charge in [-0.25, -0.2) is 19.9 Å². The number of aromatic nitrogens is 4. The standard InChI is InChI=1S/C23H23N5O3/c1-14-27-19-10-21(30-3)20(29-2)9-18(19)22(28-14)24-11-15-6-5-7-16(8-15)17-12-25-23(31-4)26-13-17/h5-10,12-13H,11H2,1-4H3,(H,24,27,28). The summed E-state index contributed by atoms with van der Waals surface area (Å²) in [5.41, 5.74) is 3.83. The fourth-order valence-corrected chi connectivity index (χ4v) is 3.32. The molecule has 2 aromatic heterocycles. The molecule has 0 saturated carbocycles. The molecule has 4 aromatic rings. The molecule has 0 aliphatic heterocycles. The second-order valence-electron chi connectivity index (χ2n) is 6.86. The number of fused-ring (bicyclic) bond motifs is 1. The Hall–Kier alpha value is -3.94. The lowest BCUT2D eigenvalue weighted by Crippen LogP contribution is -2.05. The Morgan fingerprint density at radius 2 is 1.58 bits per heavy atom. The zero-order chi connectivity index (χ0) is 21.8. The molecule has 158 valence electrons. The van der Waals surface area contributed by atoms with E-state index in [1.165, 1.54) is 0 Å². The van der Waals surface area contributed by atoms with Gasteiger partial charge >= 0.3 is 6.01 Å². The van der Waals surface area contributed by atoms with Crippen LogP contribution in [0.2, 0.25) is 0 Å². The van der Waals surface area contributed by atoms with Crippen molar-refractivity contribution in [1.82, 2.24) is 19.9 Å². The highest BCUT2D eigenvalue weighted by molar-refractivity contribution is 5.91. The second kappa shape index (κ2) is 8.83. The molecule has 0 fully saturated rings. The van der Waals surface area contributed by atoms with Crippen molar-refractivity contribution in [3.05, 3.63) is 60.2 Å². The zero-order valence-electron chi connectivity index (χ0n) is 17.8. The van der Waals surface area contributed by atoms with Gasteiger partial charge in [0.2, 0.25) is 0 Å². The van der Waals surface area contributed by atoms with Gasteiger partial charge in [0, 0.05) is 36.0 Å². The average molecular weight is 417 g/mol. The van der Waals surface area contributed by atoms with E-state index < -0.39 is 0 Å². The topological polar surface area (TPSA) is 91.3 Å². The van der Waals surface area contributed by atoms with Crippen LogP contribution in [0, 0.1) is 6.92 Å². The molecule has 0 aliphatic rings. The summed E-state index contributed by atoms with van der Waals surface area (Å²) in [5, 5.41) is 4.30. The molecule has 0 radical (unpaired) electrons. The fraction of sp³-hybridized carbons (Fsp3) is 0.217. The summed E-state index contributed by atoms with van der Waals surface area (Å²) in [6.45, 7) is 2.45. The van der Waals surface area contributed by atoms with Crippen molar-refractivity contribution in [2.75, 3.05) is 26.6 Å². The summed E-state index contributed by atoms with van der Waals surface area (Å²) < 4.78 is 15.9. The highest BCUT2D eigenvalue weighted by Gasteiger charge is 2.12. The Bertz CT molecular complexity index is 1210. The molecule has 1 N–H and O–H groups in total. The van der Waals surface area contributed by atoms with Crippen LogP contribution < -0.4 is 19.5 Å². The van der Waals surface area contributed by atoms with Crippen LogP contribution in [0.5, 0.6) is 17.5 Å². The molecule has 0 aliphatic carbocycles. The number of hydrogen-bond donors (Lipinski definition) is 1. The van der Waals surface area contributed by atoms with Crippen LogP contribution in [0.15, 0.2) is 48.8 Å². The Kier molecular flexibility index (Phi) is 5.79. The van der Waals surface area contributed by atoms with Crippen LogP contribution >= 0.6 is 0 Å². The molecular weight excluding hydrogens is 394 g/mol. The van der Waals surface area contributed by atoms with Crippen LogP contribution in [0.25, 0.3) is 22.0 Å². The first-order chi connectivity index (χ1) is 15.1. The van der Waals surface area contributed by atoms with E-state index in [0.717, 1.165) is 33.4 Å². The summed E-state index contributed by atoms with van der Waals surface area (Å²) >= 11 is 0. The minimum Gasteiger partial charge on any atom is -0.493 e. The van der Waals surface area contributed by atoms with Crippen molar-refractivity contribution in [2.45, 2.75) is 13.5 Å².